The van der Waals surface area contributed by atoms with Crippen molar-refractivity contribution in [2.45, 2.75) is 43.4 Å². The molecule has 2 heterocycles. The minimum Gasteiger partial charge on any atom is -0.424 e. The van der Waals surface area contributed by atoms with Crippen molar-refractivity contribution in [2.24, 2.45) is 0 Å². The first-order chi connectivity index (χ1) is 11.2. The van der Waals surface area contributed by atoms with Gasteiger partial charge >= 0.3 is 6.16 Å². The van der Waals surface area contributed by atoms with Gasteiger partial charge in [0.15, 0.2) is 12.2 Å². The van der Waals surface area contributed by atoms with Crippen molar-refractivity contribution in [1.29, 1.82) is 0 Å². The highest BCUT2D eigenvalue weighted by molar-refractivity contribution is 7.99. The number of rotatable bonds is 6. The molecule has 1 aromatic rings. The molecule has 0 unspecified atom stereocenters. The molecule has 2 saturated heterocycles. The summed E-state index contributed by atoms with van der Waals surface area (Å²) < 4.78 is 21.7. The number of ether oxygens (including phenoxy) is 4. The molecule has 0 spiro atoms. The lowest BCUT2D eigenvalue weighted by Crippen LogP contribution is -2.56. The van der Waals surface area contributed by atoms with Crippen LogP contribution < -0.4 is 0 Å². The van der Waals surface area contributed by atoms with Crippen LogP contribution in [0.15, 0.2) is 30.3 Å². The van der Waals surface area contributed by atoms with Crippen LogP contribution in [0.5, 0.6) is 0 Å². The lowest BCUT2D eigenvalue weighted by Gasteiger charge is -2.38. The van der Waals surface area contributed by atoms with E-state index in [0.717, 1.165) is 11.3 Å². The molecule has 1 N–H and O–H groups in total. The average molecular weight is 340 g/mol. The molecule has 3 rings (SSSR count). The van der Waals surface area contributed by atoms with Crippen molar-refractivity contribution >= 4 is 17.9 Å². The fraction of sp³-hybridized carbons (Fsp3) is 0.562. The van der Waals surface area contributed by atoms with Gasteiger partial charge in [0.1, 0.15) is 17.6 Å². The third-order valence-electron chi connectivity index (χ3n) is 3.81. The molecule has 0 aromatic heterocycles. The summed E-state index contributed by atoms with van der Waals surface area (Å²) in [4.78, 5) is 11.4. The third-order valence-corrected chi connectivity index (χ3v) is 4.85. The minimum absolute atomic E-state index is 0.220. The highest BCUT2D eigenvalue weighted by atomic mass is 32.2. The van der Waals surface area contributed by atoms with Crippen molar-refractivity contribution in [3.05, 3.63) is 35.9 Å². The summed E-state index contributed by atoms with van der Waals surface area (Å²) in [6, 6.07) is 9.77. The van der Waals surface area contributed by atoms with Crippen LogP contribution in [-0.4, -0.2) is 53.5 Å². The van der Waals surface area contributed by atoms with Crippen LogP contribution in [0.4, 0.5) is 4.79 Å². The summed E-state index contributed by atoms with van der Waals surface area (Å²) in [7, 11) is 0. The zero-order chi connectivity index (χ0) is 16.2. The normalized spacial score (nSPS) is 33.0. The predicted octanol–water partition coefficient (Wildman–Crippen LogP) is 1.95. The van der Waals surface area contributed by atoms with Crippen molar-refractivity contribution < 1.29 is 28.8 Å². The van der Waals surface area contributed by atoms with Crippen LogP contribution in [0.25, 0.3) is 0 Å². The van der Waals surface area contributed by atoms with Gasteiger partial charge in [-0.2, -0.15) is 0 Å². The van der Waals surface area contributed by atoms with Crippen molar-refractivity contribution in [3.63, 3.8) is 0 Å². The molecule has 0 amide bonds. The van der Waals surface area contributed by atoms with Gasteiger partial charge < -0.3 is 24.1 Å². The number of hydrogen-bond acceptors (Lipinski definition) is 7. The Hall–Kier alpha value is -1.28. The number of carbonyl (C=O) groups is 1. The lowest BCUT2D eigenvalue weighted by atomic mass is 10.0. The molecule has 0 aliphatic carbocycles. The first-order valence-corrected chi connectivity index (χ1v) is 8.68. The largest absolute Gasteiger partial charge is 0.509 e. The summed E-state index contributed by atoms with van der Waals surface area (Å²) in [5, 5.41) is 10.4. The van der Waals surface area contributed by atoms with Gasteiger partial charge in [0, 0.05) is 0 Å². The molecule has 2 aliphatic rings. The fourth-order valence-corrected chi connectivity index (χ4v) is 3.65. The topological polar surface area (TPSA) is 74.2 Å². The number of fused-ring (bicyclic) bond motifs is 1. The Morgan fingerprint density at radius 1 is 1.22 bits per heavy atom. The van der Waals surface area contributed by atoms with E-state index in [-0.39, 0.29) is 12.0 Å². The third kappa shape index (κ3) is 3.80. The second-order valence-electron chi connectivity index (χ2n) is 5.40. The number of aliphatic hydroxyl groups excluding tert-OH is 1. The molecule has 0 saturated carbocycles. The molecular weight excluding hydrogens is 320 g/mol. The molecule has 7 heteroatoms. The summed E-state index contributed by atoms with van der Waals surface area (Å²) >= 11 is 1.52. The zero-order valence-electron chi connectivity index (χ0n) is 12.8. The molecule has 126 valence electrons. The average Bonchev–Trinajstić information content (AvgIpc) is 2.95. The van der Waals surface area contributed by atoms with Crippen LogP contribution in [0, 0.1) is 0 Å². The summed E-state index contributed by atoms with van der Waals surface area (Å²) in [5.74, 6) is 0.805. The highest BCUT2D eigenvalue weighted by Crippen LogP contribution is 2.35. The second-order valence-corrected chi connectivity index (χ2v) is 6.78. The van der Waals surface area contributed by atoms with Gasteiger partial charge in [-0.15, -0.1) is 11.8 Å². The van der Waals surface area contributed by atoms with Crippen molar-refractivity contribution in [1.82, 2.24) is 0 Å². The van der Waals surface area contributed by atoms with Gasteiger partial charge in [-0.3, -0.25) is 0 Å². The van der Waals surface area contributed by atoms with Gasteiger partial charge in [0.2, 0.25) is 0 Å². The Morgan fingerprint density at radius 3 is 2.70 bits per heavy atom. The maximum Gasteiger partial charge on any atom is 0.509 e. The number of benzene rings is 1. The minimum atomic E-state index is -0.962. The Morgan fingerprint density at radius 2 is 1.96 bits per heavy atom. The smallest absolute Gasteiger partial charge is 0.424 e. The summed E-state index contributed by atoms with van der Waals surface area (Å²) in [5.41, 5.74) is 0.691. The maximum atomic E-state index is 11.4. The van der Waals surface area contributed by atoms with E-state index in [1.807, 2.05) is 37.3 Å². The lowest BCUT2D eigenvalue weighted by molar-refractivity contribution is -0.178. The molecule has 2 fully saturated rings. The first kappa shape index (κ1) is 16.6. The molecular formula is C16H20O6S. The second kappa shape index (κ2) is 7.53. The van der Waals surface area contributed by atoms with E-state index in [9.17, 15) is 9.90 Å². The van der Waals surface area contributed by atoms with E-state index < -0.39 is 30.6 Å². The van der Waals surface area contributed by atoms with E-state index in [1.165, 1.54) is 11.8 Å². The first-order valence-electron chi connectivity index (χ1n) is 7.63. The van der Waals surface area contributed by atoms with Crippen LogP contribution in [0.1, 0.15) is 12.5 Å². The molecule has 2 aliphatic heterocycles. The van der Waals surface area contributed by atoms with Crippen LogP contribution in [0.2, 0.25) is 0 Å². The van der Waals surface area contributed by atoms with E-state index in [2.05, 4.69) is 0 Å². The number of hydrogen-bond donors (Lipinski definition) is 1. The van der Waals surface area contributed by atoms with Gasteiger partial charge in [0.25, 0.3) is 0 Å². The highest BCUT2D eigenvalue weighted by Gasteiger charge is 2.53. The standard InChI is InChI=1S/C16H20O6S/c1-2-23-15-14-13(21-16(18)22-14)12(17)11(20-15)9-19-8-10-6-4-3-5-7-10/h3-7,11-15,17H,2,8-9H2,1H3/t11-,12-,13+,14-,15+/m1/s1. The van der Waals surface area contributed by atoms with Crippen LogP contribution >= 0.6 is 11.8 Å². The van der Waals surface area contributed by atoms with Crippen molar-refractivity contribution in [2.75, 3.05) is 12.4 Å². The van der Waals surface area contributed by atoms with E-state index in [1.54, 1.807) is 0 Å². The number of thioether (sulfide) groups is 1. The van der Waals surface area contributed by atoms with Gasteiger partial charge in [-0.1, -0.05) is 37.3 Å². The van der Waals surface area contributed by atoms with Crippen LogP contribution in [0.3, 0.4) is 0 Å². The number of aliphatic hydroxyl groups is 1. The number of carbonyl (C=O) groups excluding carboxylic acids is 1. The quantitative estimate of drug-likeness (QED) is 0.793. The Bertz CT molecular complexity index is 525. The SMILES string of the molecule is CCS[C@@H]1O[C@H](COCc2ccccc2)[C@@H](O)[C@@H]2OC(=O)O[C@H]21. The zero-order valence-corrected chi connectivity index (χ0v) is 13.6. The molecule has 0 radical (unpaired) electrons. The Kier molecular flexibility index (Phi) is 5.42. The predicted molar refractivity (Wildman–Crippen MR) is 84.0 cm³/mol. The van der Waals surface area contributed by atoms with E-state index in [0.29, 0.717) is 6.61 Å². The van der Waals surface area contributed by atoms with Crippen molar-refractivity contribution in [3.8, 4) is 0 Å². The van der Waals surface area contributed by atoms with Gasteiger partial charge in [0.05, 0.1) is 13.2 Å². The molecule has 0 bridgehead atoms. The van der Waals surface area contributed by atoms with Crippen LogP contribution in [-0.2, 0) is 25.6 Å². The molecule has 6 nitrogen and oxygen atoms in total. The van der Waals surface area contributed by atoms with Gasteiger partial charge in [-0.05, 0) is 11.3 Å². The van der Waals surface area contributed by atoms with Gasteiger partial charge in [-0.25, -0.2) is 4.79 Å². The summed E-state index contributed by atoms with van der Waals surface area (Å²) in [6.45, 7) is 2.65. The maximum absolute atomic E-state index is 11.4. The Labute approximate surface area is 139 Å². The van der Waals surface area contributed by atoms with E-state index >= 15 is 0 Å². The summed E-state index contributed by atoms with van der Waals surface area (Å²) in [6.07, 6.45) is -3.55. The molecule has 23 heavy (non-hydrogen) atoms. The fourth-order valence-electron chi connectivity index (χ4n) is 2.70. The molecule has 5 atom stereocenters. The Balaban J connectivity index is 1.59. The monoisotopic (exact) mass is 340 g/mol. The van der Waals surface area contributed by atoms with E-state index in [4.69, 9.17) is 18.9 Å². The molecule has 1 aromatic carbocycles.